The summed E-state index contributed by atoms with van der Waals surface area (Å²) >= 11 is 1.88. The first-order valence-electron chi connectivity index (χ1n) is 8.53. The molecule has 0 aliphatic rings. The zero-order valence-electron chi connectivity index (χ0n) is 14.3. The molecule has 0 fully saturated rings. The van der Waals surface area contributed by atoms with Gasteiger partial charge in [-0.05, 0) is 36.8 Å². The van der Waals surface area contributed by atoms with E-state index in [0.717, 1.165) is 0 Å². The minimum Gasteiger partial charge on any atom is -0.194 e. The maximum absolute atomic E-state index is 2.32. The van der Waals surface area contributed by atoms with Crippen LogP contribution in [0.1, 0.15) is 5.56 Å². The molecule has 0 radical (unpaired) electrons. The fourth-order valence-corrected chi connectivity index (χ4v) is 4.96. The molecule has 2 aromatic heterocycles. The Hall–Kier alpha value is -2.71. The molecule has 0 aliphatic carbocycles. The molecule has 0 atom stereocenters. The number of rotatable bonds is 1. The van der Waals surface area contributed by atoms with Crippen molar-refractivity contribution in [3.8, 4) is 11.3 Å². The van der Waals surface area contributed by atoms with Crippen molar-refractivity contribution < 1.29 is 4.57 Å². The van der Waals surface area contributed by atoms with Crippen LogP contribution in [0.2, 0.25) is 0 Å². The van der Waals surface area contributed by atoms with E-state index in [2.05, 4.69) is 91.3 Å². The maximum Gasteiger partial charge on any atom is 0.213 e. The Balaban J connectivity index is 1.95. The highest BCUT2D eigenvalue weighted by Crippen LogP contribution is 2.40. The van der Waals surface area contributed by atoms with Crippen molar-refractivity contribution >= 4 is 42.4 Å². The van der Waals surface area contributed by atoms with Crippen LogP contribution < -0.4 is 4.57 Å². The van der Waals surface area contributed by atoms with Crippen molar-refractivity contribution in [3.63, 3.8) is 0 Å². The first-order valence-corrected chi connectivity index (χ1v) is 9.35. The first kappa shape index (κ1) is 14.6. The smallest absolute Gasteiger partial charge is 0.194 e. The lowest BCUT2D eigenvalue weighted by Crippen LogP contribution is -2.32. The molecule has 5 rings (SSSR count). The Morgan fingerprint density at radius 1 is 0.760 bits per heavy atom. The van der Waals surface area contributed by atoms with Gasteiger partial charge in [0, 0.05) is 37.7 Å². The van der Waals surface area contributed by atoms with Crippen LogP contribution >= 0.6 is 11.3 Å². The number of hydrogen-bond acceptors (Lipinski definition) is 1. The fraction of sp³-hybridized carbons (Fsp3) is 0.0870. The summed E-state index contributed by atoms with van der Waals surface area (Å²) in [4.78, 5) is 0. The third-order valence-electron chi connectivity index (χ3n) is 5.09. The number of thiophene rings is 1. The third kappa shape index (κ3) is 2.11. The molecule has 120 valence electrons. The minimum atomic E-state index is 1.26. The average molecular weight is 340 g/mol. The highest BCUT2D eigenvalue weighted by atomic mass is 32.1. The molecule has 0 saturated carbocycles. The van der Waals surface area contributed by atoms with Gasteiger partial charge in [-0.25, -0.2) is 0 Å². The van der Waals surface area contributed by atoms with Crippen LogP contribution in [0, 0.1) is 6.92 Å². The predicted molar refractivity (Wildman–Crippen MR) is 108 cm³/mol. The van der Waals surface area contributed by atoms with Crippen LogP contribution in [0.25, 0.3) is 42.3 Å². The van der Waals surface area contributed by atoms with Gasteiger partial charge < -0.3 is 0 Å². The molecular formula is C23H18NS+. The quantitative estimate of drug-likeness (QED) is 0.329. The van der Waals surface area contributed by atoms with Gasteiger partial charge in [0.2, 0.25) is 11.2 Å². The SMILES string of the molecule is Cc1ccc2sc3ccccc3c2c1-c1ccc2ccccc2[n+]1C. The summed E-state index contributed by atoms with van der Waals surface area (Å²) in [6, 6.07) is 26.3. The van der Waals surface area contributed by atoms with Crippen LogP contribution in [0.15, 0.2) is 72.8 Å². The third-order valence-corrected chi connectivity index (χ3v) is 6.22. The predicted octanol–water partition coefficient (Wildman–Crippen LogP) is 6.01. The number of aryl methyl sites for hydroxylation is 2. The Bertz CT molecular complexity index is 1260. The molecule has 0 saturated heterocycles. The topological polar surface area (TPSA) is 3.88 Å². The number of para-hydroxylation sites is 1. The molecule has 1 nitrogen and oxygen atoms in total. The summed E-state index contributed by atoms with van der Waals surface area (Å²) in [5.41, 5.74) is 5.20. The minimum absolute atomic E-state index is 1.26. The van der Waals surface area contributed by atoms with E-state index >= 15 is 0 Å². The lowest BCUT2D eigenvalue weighted by Gasteiger charge is -2.09. The fourth-order valence-electron chi connectivity index (χ4n) is 3.85. The molecule has 25 heavy (non-hydrogen) atoms. The lowest BCUT2D eigenvalue weighted by atomic mass is 9.97. The molecule has 0 aliphatic heterocycles. The van der Waals surface area contributed by atoms with Crippen molar-refractivity contribution in [3.05, 3.63) is 78.4 Å². The second-order valence-electron chi connectivity index (χ2n) is 6.57. The van der Waals surface area contributed by atoms with Crippen molar-refractivity contribution in [1.29, 1.82) is 0 Å². The van der Waals surface area contributed by atoms with Crippen LogP contribution in [0.4, 0.5) is 0 Å². The molecule has 5 aromatic rings. The van der Waals surface area contributed by atoms with Gasteiger partial charge >= 0.3 is 0 Å². The lowest BCUT2D eigenvalue weighted by molar-refractivity contribution is -0.633. The molecule has 0 amide bonds. The number of benzene rings is 3. The van der Waals surface area contributed by atoms with E-state index in [4.69, 9.17) is 0 Å². The Morgan fingerprint density at radius 3 is 2.48 bits per heavy atom. The van der Waals surface area contributed by atoms with Crippen LogP contribution in [0.3, 0.4) is 0 Å². The van der Waals surface area contributed by atoms with E-state index in [-0.39, 0.29) is 0 Å². The highest BCUT2D eigenvalue weighted by molar-refractivity contribution is 7.25. The number of aromatic nitrogens is 1. The standard InChI is InChI=1S/C23H18NS/c1-15-11-14-21-23(17-8-4-6-10-20(17)25-21)22(15)19-13-12-16-7-3-5-9-18(16)24(19)2/h3-14H,1-2H3/q+1. The van der Waals surface area contributed by atoms with Gasteiger partial charge in [-0.3, -0.25) is 0 Å². The van der Waals surface area contributed by atoms with E-state index in [1.807, 2.05) is 11.3 Å². The van der Waals surface area contributed by atoms with Crippen LogP contribution in [-0.4, -0.2) is 0 Å². The van der Waals surface area contributed by atoms with E-state index in [1.165, 1.54) is 47.9 Å². The zero-order chi connectivity index (χ0) is 17.0. The van der Waals surface area contributed by atoms with Gasteiger partial charge in [0.1, 0.15) is 7.05 Å². The van der Waals surface area contributed by atoms with Gasteiger partial charge in [0.05, 0.1) is 5.56 Å². The monoisotopic (exact) mass is 340 g/mol. The zero-order valence-corrected chi connectivity index (χ0v) is 15.1. The molecule has 0 unspecified atom stereocenters. The summed E-state index contributed by atoms with van der Waals surface area (Å²) in [6.45, 7) is 2.22. The van der Waals surface area contributed by atoms with Gasteiger partial charge in [-0.2, -0.15) is 4.57 Å². The largest absolute Gasteiger partial charge is 0.213 e. The second-order valence-corrected chi connectivity index (χ2v) is 7.65. The van der Waals surface area contributed by atoms with E-state index < -0.39 is 0 Å². The number of pyridine rings is 1. The van der Waals surface area contributed by atoms with Crippen molar-refractivity contribution in [2.75, 3.05) is 0 Å². The number of fused-ring (bicyclic) bond motifs is 4. The van der Waals surface area contributed by atoms with Crippen molar-refractivity contribution in [1.82, 2.24) is 0 Å². The summed E-state index contributed by atoms with van der Waals surface area (Å²) < 4.78 is 5.03. The van der Waals surface area contributed by atoms with Gasteiger partial charge in [0.25, 0.3) is 0 Å². The molecular weight excluding hydrogens is 322 g/mol. The number of nitrogens with zero attached hydrogens (tertiary/aromatic N) is 1. The van der Waals surface area contributed by atoms with E-state index in [9.17, 15) is 0 Å². The Morgan fingerprint density at radius 2 is 1.56 bits per heavy atom. The summed E-state index contributed by atoms with van der Waals surface area (Å²) in [5.74, 6) is 0. The number of hydrogen-bond donors (Lipinski definition) is 0. The van der Waals surface area contributed by atoms with Crippen molar-refractivity contribution in [2.45, 2.75) is 6.92 Å². The molecule has 0 N–H and O–H groups in total. The second kappa shape index (κ2) is 5.40. The molecule has 0 bridgehead atoms. The molecule has 3 aromatic carbocycles. The van der Waals surface area contributed by atoms with Crippen molar-refractivity contribution in [2.24, 2.45) is 7.05 Å². The van der Waals surface area contributed by atoms with Gasteiger partial charge in [0.15, 0.2) is 0 Å². The molecule has 0 spiro atoms. The normalized spacial score (nSPS) is 11.6. The first-order chi connectivity index (χ1) is 12.2. The Labute approximate surface area is 150 Å². The van der Waals surface area contributed by atoms with E-state index in [1.54, 1.807) is 0 Å². The summed E-state index contributed by atoms with van der Waals surface area (Å²) in [5, 5.41) is 4.01. The van der Waals surface area contributed by atoms with E-state index in [0.29, 0.717) is 0 Å². The maximum atomic E-state index is 2.32. The highest BCUT2D eigenvalue weighted by Gasteiger charge is 2.20. The van der Waals surface area contributed by atoms with Gasteiger partial charge in [-0.15, -0.1) is 11.3 Å². The van der Waals surface area contributed by atoms with Gasteiger partial charge in [-0.1, -0.05) is 36.4 Å². The van der Waals surface area contributed by atoms with Crippen LogP contribution in [0.5, 0.6) is 0 Å². The molecule has 2 heterocycles. The Kier molecular flexibility index (Phi) is 3.16. The average Bonchev–Trinajstić information content (AvgIpc) is 3.02. The van der Waals surface area contributed by atoms with Crippen LogP contribution in [-0.2, 0) is 7.05 Å². The molecule has 2 heteroatoms. The summed E-state index contributed by atoms with van der Waals surface area (Å²) in [7, 11) is 2.17. The summed E-state index contributed by atoms with van der Waals surface area (Å²) in [6.07, 6.45) is 0.